The molecule has 0 aliphatic rings. The number of phenolic OH excluding ortho intramolecular Hbond substituents is 1. The molecule has 0 aliphatic carbocycles. The van der Waals surface area contributed by atoms with Crippen molar-refractivity contribution in [2.24, 2.45) is 5.73 Å². The maximum atomic E-state index is 13.0. The molecule has 130 valence electrons. The van der Waals surface area contributed by atoms with Crippen molar-refractivity contribution in [2.45, 2.75) is 6.18 Å². The van der Waals surface area contributed by atoms with Crippen molar-refractivity contribution in [3.05, 3.63) is 69.5 Å². The topological polar surface area (TPSA) is 126 Å². The Balaban J connectivity index is 2.47. The second-order valence-corrected chi connectivity index (χ2v) is 4.89. The second kappa shape index (κ2) is 6.59. The van der Waals surface area contributed by atoms with Gasteiger partial charge in [-0.2, -0.15) is 13.2 Å². The van der Waals surface area contributed by atoms with Crippen LogP contribution in [0, 0.1) is 15.5 Å². The molecule has 1 heterocycles. The van der Waals surface area contributed by atoms with Gasteiger partial charge in [-0.05, 0) is 18.2 Å². The molecule has 0 saturated heterocycles. The van der Waals surface area contributed by atoms with Crippen LogP contribution < -0.4 is 5.73 Å². The second-order valence-electron chi connectivity index (χ2n) is 4.89. The molecule has 0 spiro atoms. The van der Waals surface area contributed by atoms with Crippen LogP contribution in [0.2, 0.25) is 0 Å². The number of benzene rings is 1. The van der Waals surface area contributed by atoms with Crippen LogP contribution in [0.5, 0.6) is 5.75 Å². The van der Waals surface area contributed by atoms with Gasteiger partial charge in [0, 0.05) is 41.4 Å². The molecule has 25 heavy (non-hydrogen) atoms. The van der Waals surface area contributed by atoms with E-state index in [2.05, 4.69) is 4.98 Å². The first-order chi connectivity index (χ1) is 11.6. The average molecular weight is 352 g/mol. The van der Waals surface area contributed by atoms with Crippen molar-refractivity contribution >= 4 is 17.1 Å². The third-order valence-electron chi connectivity index (χ3n) is 3.22. The van der Waals surface area contributed by atoms with Gasteiger partial charge >= 0.3 is 6.18 Å². The molecular weight excluding hydrogens is 341 g/mol. The van der Waals surface area contributed by atoms with Crippen LogP contribution in [0.25, 0.3) is 5.70 Å². The quantitative estimate of drug-likeness (QED) is 0.443. The molecule has 2 aromatic rings. The number of alkyl halides is 3. The Kier molecular flexibility index (Phi) is 4.72. The fraction of sp³-hybridized carbons (Fsp3) is 0.0667. The largest absolute Gasteiger partial charge is 0.507 e. The van der Waals surface area contributed by atoms with Gasteiger partial charge in [0.15, 0.2) is 0 Å². The van der Waals surface area contributed by atoms with Gasteiger partial charge in [0.2, 0.25) is 0 Å². The van der Waals surface area contributed by atoms with Gasteiger partial charge in [-0.25, -0.2) is 0 Å². The third-order valence-corrected chi connectivity index (χ3v) is 3.22. The third kappa shape index (κ3) is 3.91. The van der Waals surface area contributed by atoms with Gasteiger partial charge in [-0.1, -0.05) is 0 Å². The van der Waals surface area contributed by atoms with Crippen molar-refractivity contribution in [1.82, 2.24) is 4.98 Å². The van der Waals surface area contributed by atoms with Crippen LogP contribution in [0.15, 0.2) is 42.7 Å². The number of pyridine rings is 1. The summed E-state index contributed by atoms with van der Waals surface area (Å²) >= 11 is 0. The first-order valence-electron chi connectivity index (χ1n) is 6.66. The molecule has 7 nitrogen and oxygen atoms in total. The highest BCUT2D eigenvalue weighted by molar-refractivity contribution is 6.11. The number of nitrogens with two attached hydrogens (primary N) is 1. The first kappa shape index (κ1) is 17.9. The Labute approximate surface area is 138 Å². The minimum Gasteiger partial charge on any atom is -0.507 e. The summed E-state index contributed by atoms with van der Waals surface area (Å²) in [6, 6.07) is 3.75. The smallest absolute Gasteiger partial charge is 0.417 e. The van der Waals surface area contributed by atoms with Gasteiger partial charge in [0.25, 0.3) is 5.69 Å². The van der Waals surface area contributed by atoms with E-state index < -0.39 is 33.7 Å². The molecule has 1 aromatic heterocycles. The zero-order valence-corrected chi connectivity index (χ0v) is 12.4. The standard InChI is InChI=1S/C15H11F3N4O3/c16-15(17,18)11-3-4-21-7-10(11)13(20)6-12(19)9-5-8(22(24)25)1-2-14(9)23/h1-7,20,23H,19H2/b12-6-,20-13?. The van der Waals surface area contributed by atoms with Crippen LogP contribution in [-0.2, 0) is 6.18 Å². The summed E-state index contributed by atoms with van der Waals surface area (Å²) < 4.78 is 39.0. The molecular formula is C15H11F3N4O3. The summed E-state index contributed by atoms with van der Waals surface area (Å²) in [5, 5.41) is 28.3. The van der Waals surface area contributed by atoms with E-state index in [0.717, 1.165) is 42.7 Å². The number of phenols is 1. The number of rotatable bonds is 4. The van der Waals surface area contributed by atoms with E-state index in [1.165, 1.54) is 0 Å². The molecule has 4 N–H and O–H groups in total. The summed E-state index contributed by atoms with van der Waals surface area (Å²) in [5.74, 6) is -0.408. The Morgan fingerprint density at radius 2 is 2.00 bits per heavy atom. The first-order valence-corrected chi connectivity index (χ1v) is 6.66. The van der Waals surface area contributed by atoms with Crippen LogP contribution in [-0.4, -0.2) is 20.7 Å². The highest BCUT2D eigenvalue weighted by Crippen LogP contribution is 2.32. The number of hydrogen-bond donors (Lipinski definition) is 3. The lowest BCUT2D eigenvalue weighted by atomic mass is 10.0. The maximum Gasteiger partial charge on any atom is 0.417 e. The highest BCUT2D eigenvalue weighted by atomic mass is 19.4. The van der Waals surface area contributed by atoms with Crippen LogP contribution in [0.3, 0.4) is 0 Å². The van der Waals surface area contributed by atoms with Crippen molar-refractivity contribution in [3.8, 4) is 5.75 Å². The molecule has 0 atom stereocenters. The number of non-ortho nitro benzene ring substituents is 1. The fourth-order valence-electron chi connectivity index (χ4n) is 2.04. The van der Waals surface area contributed by atoms with E-state index in [1.54, 1.807) is 0 Å². The Hall–Kier alpha value is -3.43. The number of hydrogen-bond acceptors (Lipinski definition) is 6. The minimum atomic E-state index is -4.69. The van der Waals surface area contributed by atoms with Crippen LogP contribution in [0.1, 0.15) is 16.7 Å². The van der Waals surface area contributed by atoms with Gasteiger partial charge in [-0.15, -0.1) is 0 Å². The van der Waals surface area contributed by atoms with Crippen LogP contribution >= 0.6 is 0 Å². The number of aromatic hydroxyl groups is 1. The zero-order chi connectivity index (χ0) is 18.8. The normalized spacial score (nSPS) is 12.0. The number of nitro groups is 1. The van der Waals surface area contributed by atoms with Gasteiger partial charge in [-0.3, -0.25) is 15.1 Å². The predicted molar refractivity (Wildman–Crippen MR) is 83.0 cm³/mol. The Morgan fingerprint density at radius 1 is 1.32 bits per heavy atom. The summed E-state index contributed by atoms with van der Waals surface area (Å²) in [5.41, 5.74) is 2.67. The number of nitrogens with one attached hydrogen (secondary N) is 1. The monoisotopic (exact) mass is 352 g/mol. The number of nitro benzene ring substituents is 1. The summed E-state index contributed by atoms with van der Waals surface area (Å²) in [6.07, 6.45) is -2.02. The highest BCUT2D eigenvalue weighted by Gasteiger charge is 2.34. The molecule has 0 saturated carbocycles. The summed E-state index contributed by atoms with van der Waals surface area (Å²) in [6.45, 7) is 0. The van der Waals surface area contributed by atoms with E-state index in [-0.39, 0.29) is 16.9 Å². The van der Waals surface area contributed by atoms with E-state index in [0.29, 0.717) is 0 Å². The van der Waals surface area contributed by atoms with Crippen molar-refractivity contribution < 1.29 is 23.2 Å². The molecule has 2 rings (SSSR count). The number of halogens is 3. The number of nitrogens with zero attached hydrogens (tertiary/aromatic N) is 2. The molecule has 0 unspecified atom stereocenters. The number of allylic oxidation sites excluding steroid dienone is 1. The Bertz CT molecular complexity index is 879. The maximum absolute atomic E-state index is 13.0. The SMILES string of the molecule is N=C(/C=C(\N)c1cc([N+](=O)[O-])ccc1O)c1cnccc1C(F)(F)F. The predicted octanol–water partition coefficient (Wildman–Crippen LogP) is 3.08. The molecule has 10 heteroatoms. The average Bonchev–Trinajstić information content (AvgIpc) is 2.54. The van der Waals surface area contributed by atoms with Crippen molar-refractivity contribution in [1.29, 1.82) is 5.41 Å². The molecule has 1 aromatic carbocycles. The summed E-state index contributed by atoms with van der Waals surface area (Å²) in [7, 11) is 0. The lowest BCUT2D eigenvalue weighted by Gasteiger charge is -2.12. The number of aromatic nitrogens is 1. The Morgan fingerprint density at radius 3 is 2.60 bits per heavy atom. The van der Waals surface area contributed by atoms with Crippen LogP contribution in [0.4, 0.5) is 18.9 Å². The van der Waals surface area contributed by atoms with Gasteiger partial charge in [0.05, 0.1) is 16.2 Å². The van der Waals surface area contributed by atoms with E-state index >= 15 is 0 Å². The van der Waals surface area contributed by atoms with Crippen molar-refractivity contribution in [3.63, 3.8) is 0 Å². The molecule has 0 fully saturated rings. The van der Waals surface area contributed by atoms with Gasteiger partial charge in [0.1, 0.15) is 5.75 Å². The van der Waals surface area contributed by atoms with Crippen molar-refractivity contribution in [2.75, 3.05) is 0 Å². The van der Waals surface area contributed by atoms with E-state index in [1.807, 2.05) is 0 Å². The molecule has 0 amide bonds. The molecule has 0 radical (unpaired) electrons. The fourth-order valence-corrected chi connectivity index (χ4v) is 2.04. The minimum absolute atomic E-state index is 0.170. The van der Waals surface area contributed by atoms with Gasteiger partial charge < -0.3 is 16.2 Å². The molecule has 0 aliphatic heterocycles. The summed E-state index contributed by atoms with van der Waals surface area (Å²) in [4.78, 5) is 13.6. The van der Waals surface area contributed by atoms with E-state index in [4.69, 9.17) is 11.1 Å². The van der Waals surface area contributed by atoms with E-state index in [9.17, 15) is 28.4 Å². The lowest BCUT2D eigenvalue weighted by Crippen LogP contribution is -2.13. The zero-order valence-electron chi connectivity index (χ0n) is 12.4. The molecule has 0 bridgehead atoms. The lowest BCUT2D eigenvalue weighted by molar-refractivity contribution is -0.384.